The molecule has 114 valence electrons. The summed E-state index contributed by atoms with van der Waals surface area (Å²) in [4.78, 5) is 14.4. The zero-order valence-corrected chi connectivity index (χ0v) is 14.6. The highest BCUT2D eigenvalue weighted by Gasteiger charge is 2.23. The molecule has 3 nitrogen and oxygen atoms in total. The Kier molecular flexibility index (Phi) is 5.81. The molecule has 0 radical (unpaired) electrons. The van der Waals surface area contributed by atoms with Crippen LogP contribution in [0.5, 0.6) is 0 Å². The number of hydrogen-bond donors (Lipinski definition) is 2. The van der Waals surface area contributed by atoms with E-state index in [1.807, 2.05) is 44.4 Å². The summed E-state index contributed by atoms with van der Waals surface area (Å²) in [5.41, 5.74) is 0. The maximum atomic E-state index is 12.1. The first-order chi connectivity index (χ1) is 9.97. The summed E-state index contributed by atoms with van der Waals surface area (Å²) >= 11 is 9.26. The molecular weight excluding hydrogens is 324 g/mol. The van der Waals surface area contributed by atoms with Gasteiger partial charge in [0.1, 0.15) is 0 Å². The van der Waals surface area contributed by atoms with Crippen LogP contribution in [0.3, 0.4) is 0 Å². The number of halogens is 1. The first-order valence-electron chi connectivity index (χ1n) is 6.82. The third-order valence-corrected chi connectivity index (χ3v) is 5.18. The molecule has 1 amide bonds. The average Bonchev–Trinajstić information content (AvgIpc) is 3.06. The smallest absolute Gasteiger partial charge is 0.237 e. The van der Waals surface area contributed by atoms with Gasteiger partial charge in [0.25, 0.3) is 0 Å². The summed E-state index contributed by atoms with van der Waals surface area (Å²) in [6, 6.07) is 7.85. The Labute approximate surface area is 138 Å². The van der Waals surface area contributed by atoms with Gasteiger partial charge in [-0.25, -0.2) is 0 Å². The van der Waals surface area contributed by atoms with E-state index in [-0.39, 0.29) is 24.0 Å². The summed E-state index contributed by atoms with van der Waals surface area (Å²) in [6.07, 6.45) is 0. The van der Waals surface area contributed by atoms with Crippen LogP contribution < -0.4 is 10.6 Å². The summed E-state index contributed by atoms with van der Waals surface area (Å²) in [6.45, 7) is 5.80. The van der Waals surface area contributed by atoms with Crippen molar-refractivity contribution < 1.29 is 4.79 Å². The van der Waals surface area contributed by atoms with Crippen LogP contribution in [0.4, 0.5) is 0 Å². The van der Waals surface area contributed by atoms with Gasteiger partial charge >= 0.3 is 0 Å². The number of thiophene rings is 2. The fourth-order valence-electron chi connectivity index (χ4n) is 1.98. The van der Waals surface area contributed by atoms with Crippen molar-refractivity contribution in [1.29, 1.82) is 0 Å². The molecule has 0 aliphatic heterocycles. The Balaban J connectivity index is 2.15. The number of hydrogen-bond acceptors (Lipinski definition) is 4. The molecule has 2 atom stereocenters. The number of carbonyl (C=O) groups is 1. The van der Waals surface area contributed by atoms with Crippen LogP contribution in [0.25, 0.3) is 0 Å². The lowest BCUT2D eigenvalue weighted by atomic mass is 10.1. The molecule has 2 N–H and O–H groups in total. The monoisotopic (exact) mass is 342 g/mol. The van der Waals surface area contributed by atoms with Crippen LogP contribution >= 0.6 is 34.3 Å². The second-order valence-corrected chi connectivity index (χ2v) is 7.87. The van der Waals surface area contributed by atoms with Gasteiger partial charge in [0.05, 0.1) is 16.4 Å². The van der Waals surface area contributed by atoms with Crippen molar-refractivity contribution in [3.63, 3.8) is 0 Å². The van der Waals surface area contributed by atoms with Crippen LogP contribution in [0.2, 0.25) is 4.34 Å². The van der Waals surface area contributed by atoms with Gasteiger partial charge in [-0.05, 0) is 44.4 Å². The minimum atomic E-state index is -0.277. The van der Waals surface area contributed by atoms with E-state index in [1.54, 1.807) is 11.3 Å². The number of carbonyl (C=O) groups excluding carboxylic acids is 1. The predicted molar refractivity (Wildman–Crippen MR) is 91.4 cm³/mol. The first kappa shape index (κ1) is 16.5. The second-order valence-electron chi connectivity index (χ2n) is 5.14. The number of rotatable bonds is 6. The van der Waals surface area contributed by atoms with Crippen molar-refractivity contribution in [2.24, 2.45) is 0 Å². The van der Waals surface area contributed by atoms with E-state index in [4.69, 9.17) is 11.6 Å². The van der Waals surface area contributed by atoms with Crippen LogP contribution in [0, 0.1) is 0 Å². The fourth-order valence-corrected chi connectivity index (χ4v) is 4.00. The maximum absolute atomic E-state index is 12.1. The van der Waals surface area contributed by atoms with Gasteiger partial charge in [-0.2, -0.15) is 0 Å². The minimum Gasteiger partial charge on any atom is -0.353 e. The topological polar surface area (TPSA) is 41.1 Å². The molecule has 2 aromatic rings. The van der Waals surface area contributed by atoms with Crippen LogP contribution in [-0.2, 0) is 4.79 Å². The van der Waals surface area contributed by atoms with Gasteiger partial charge in [-0.15, -0.1) is 22.7 Å². The molecule has 0 saturated heterocycles. The average molecular weight is 343 g/mol. The highest BCUT2D eigenvalue weighted by Crippen LogP contribution is 2.33. The number of amides is 1. The quantitative estimate of drug-likeness (QED) is 0.831. The van der Waals surface area contributed by atoms with Crippen molar-refractivity contribution in [3.8, 4) is 0 Å². The lowest BCUT2D eigenvalue weighted by Crippen LogP contribution is -2.45. The highest BCUT2D eigenvalue weighted by molar-refractivity contribution is 7.16. The SMILES string of the molecule is CC(C)NC(=O)C(C)NC(c1cccs1)c1ccc(Cl)s1. The van der Waals surface area contributed by atoms with E-state index < -0.39 is 0 Å². The van der Waals surface area contributed by atoms with E-state index >= 15 is 0 Å². The Morgan fingerprint density at radius 2 is 1.95 bits per heavy atom. The maximum Gasteiger partial charge on any atom is 0.237 e. The molecule has 0 bridgehead atoms. The first-order valence-corrected chi connectivity index (χ1v) is 8.90. The molecule has 0 fully saturated rings. The zero-order chi connectivity index (χ0) is 15.4. The van der Waals surface area contributed by atoms with Gasteiger partial charge in [-0.1, -0.05) is 17.7 Å². The van der Waals surface area contributed by atoms with E-state index in [1.165, 1.54) is 16.2 Å². The molecule has 2 aromatic heterocycles. The molecule has 0 aliphatic rings. The Morgan fingerprint density at radius 3 is 2.48 bits per heavy atom. The van der Waals surface area contributed by atoms with Crippen molar-refractivity contribution >= 4 is 40.2 Å². The minimum absolute atomic E-state index is 0.00425. The van der Waals surface area contributed by atoms with Crippen molar-refractivity contribution in [2.75, 3.05) is 0 Å². The standard InChI is InChI=1S/C15H19ClN2OS2/c1-9(2)17-15(19)10(3)18-14(11-5-4-8-20-11)12-6-7-13(16)21-12/h4-10,14,18H,1-3H3,(H,17,19). The summed E-state index contributed by atoms with van der Waals surface area (Å²) in [5, 5.41) is 8.37. The van der Waals surface area contributed by atoms with Crippen molar-refractivity contribution in [1.82, 2.24) is 10.6 Å². The van der Waals surface area contributed by atoms with E-state index in [0.29, 0.717) is 0 Å². The Morgan fingerprint density at radius 1 is 1.19 bits per heavy atom. The molecule has 2 rings (SSSR count). The van der Waals surface area contributed by atoms with Crippen molar-refractivity contribution in [3.05, 3.63) is 43.7 Å². The van der Waals surface area contributed by atoms with Gasteiger partial charge < -0.3 is 5.32 Å². The van der Waals surface area contributed by atoms with E-state index in [0.717, 1.165) is 9.21 Å². The Bertz CT molecular complexity index is 580. The van der Waals surface area contributed by atoms with Gasteiger partial charge in [0.15, 0.2) is 0 Å². The van der Waals surface area contributed by atoms with Crippen LogP contribution in [0.15, 0.2) is 29.6 Å². The molecule has 0 spiro atoms. The summed E-state index contributed by atoms with van der Waals surface area (Å²) in [7, 11) is 0. The summed E-state index contributed by atoms with van der Waals surface area (Å²) < 4.78 is 0.757. The van der Waals surface area contributed by atoms with Gasteiger partial charge in [-0.3, -0.25) is 10.1 Å². The largest absolute Gasteiger partial charge is 0.353 e. The Hall–Kier alpha value is -0.880. The molecule has 6 heteroatoms. The lowest BCUT2D eigenvalue weighted by molar-refractivity contribution is -0.123. The zero-order valence-electron chi connectivity index (χ0n) is 12.2. The molecule has 2 heterocycles. The number of nitrogens with one attached hydrogen (secondary N) is 2. The van der Waals surface area contributed by atoms with E-state index in [9.17, 15) is 4.79 Å². The van der Waals surface area contributed by atoms with Gasteiger partial charge in [0.2, 0.25) is 5.91 Å². The third kappa shape index (κ3) is 4.54. The molecule has 2 unspecified atom stereocenters. The second kappa shape index (κ2) is 7.40. The predicted octanol–water partition coefficient (Wildman–Crippen LogP) is 4.06. The van der Waals surface area contributed by atoms with Crippen molar-refractivity contribution in [2.45, 2.75) is 38.9 Å². The summed E-state index contributed by atoms with van der Waals surface area (Å²) in [5.74, 6) is 0.00853. The molecule has 0 saturated carbocycles. The molecule has 0 aliphatic carbocycles. The fraction of sp³-hybridized carbons (Fsp3) is 0.400. The highest BCUT2D eigenvalue weighted by atomic mass is 35.5. The lowest BCUT2D eigenvalue weighted by Gasteiger charge is -2.22. The van der Waals surface area contributed by atoms with Gasteiger partial charge in [0, 0.05) is 15.8 Å². The van der Waals surface area contributed by atoms with E-state index in [2.05, 4.69) is 16.7 Å². The molecule has 0 aromatic carbocycles. The van der Waals surface area contributed by atoms with Crippen LogP contribution in [-0.4, -0.2) is 18.0 Å². The molecular formula is C15H19ClN2OS2. The van der Waals surface area contributed by atoms with Crippen LogP contribution in [0.1, 0.15) is 36.6 Å². The third-order valence-electron chi connectivity index (χ3n) is 2.95. The molecule has 21 heavy (non-hydrogen) atoms. The normalized spacial score (nSPS) is 14.1.